The van der Waals surface area contributed by atoms with Crippen LogP contribution in [0.15, 0.2) is 22.7 Å². The smallest absolute Gasteiger partial charge is 0.0424 e. The Labute approximate surface area is 123 Å². The van der Waals surface area contributed by atoms with Gasteiger partial charge >= 0.3 is 0 Å². The number of benzene rings is 1. The Hall–Kier alpha value is -0.580. The van der Waals surface area contributed by atoms with Crippen LogP contribution in [-0.2, 0) is 6.54 Å². The molecule has 1 aromatic rings. The quantitative estimate of drug-likeness (QED) is 0.908. The van der Waals surface area contributed by atoms with Crippen LogP contribution in [0.25, 0.3) is 0 Å². The van der Waals surface area contributed by atoms with Gasteiger partial charge in [0.05, 0.1) is 0 Å². The van der Waals surface area contributed by atoms with Gasteiger partial charge in [0, 0.05) is 42.4 Å². The Kier molecular flexibility index (Phi) is 4.10. The number of hydrogen-bond donors (Lipinski definition) is 1. The van der Waals surface area contributed by atoms with E-state index in [1.54, 1.807) is 0 Å². The van der Waals surface area contributed by atoms with E-state index < -0.39 is 0 Å². The van der Waals surface area contributed by atoms with E-state index in [9.17, 15) is 0 Å². The molecule has 3 rings (SSSR count). The summed E-state index contributed by atoms with van der Waals surface area (Å²) in [5, 5.41) is 0. The van der Waals surface area contributed by atoms with Gasteiger partial charge in [-0.2, -0.15) is 0 Å². The van der Waals surface area contributed by atoms with Gasteiger partial charge in [-0.25, -0.2) is 0 Å². The third-order valence-corrected chi connectivity index (χ3v) is 4.94. The van der Waals surface area contributed by atoms with Gasteiger partial charge in [0.15, 0.2) is 0 Å². The third kappa shape index (κ3) is 2.81. The number of rotatable bonds is 2. The largest absolute Gasteiger partial charge is 0.368 e. The molecule has 0 radical (unpaired) electrons. The van der Waals surface area contributed by atoms with Gasteiger partial charge in [-0.3, -0.25) is 4.90 Å². The lowest BCUT2D eigenvalue weighted by atomic mass is 9.98. The van der Waals surface area contributed by atoms with Crippen molar-refractivity contribution in [2.45, 2.75) is 31.8 Å². The highest BCUT2D eigenvalue weighted by molar-refractivity contribution is 9.10. The van der Waals surface area contributed by atoms with E-state index in [0.29, 0.717) is 6.54 Å². The Morgan fingerprint density at radius 1 is 1.21 bits per heavy atom. The van der Waals surface area contributed by atoms with Gasteiger partial charge in [-0.05, 0) is 37.1 Å². The SMILES string of the molecule is NCc1ccc(Br)cc1N1CCN2CCCCC2C1. The van der Waals surface area contributed by atoms with Crippen LogP contribution in [0.4, 0.5) is 5.69 Å². The molecule has 1 aromatic carbocycles. The molecule has 4 heteroatoms. The predicted molar refractivity (Wildman–Crippen MR) is 83.5 cm³/mol. The summed E-state index contributed by atoms with van der Waals surface area (Å²) in [4.78, 5) is 5.19. The van der Waals surface area contributed by atoms with Gasteiger partial charge in [0.1, 0.15) is 0 Å². The molecule has 0 spiro atoms. The molecule has 1 unspecified atom stereocenters. The molecule has 104 valence electrons. The number of nitrogens with zero attached hydrogens (tertiary/aromatic N) is 2. The summed E-state index contributed by atoms with van der Waals surface area (Å²) in [6.07, 6.45) is 4.11. The van der Waals surface area contributed by atoms with Gasteiger partial charge in [0.2, 0.25) is 0 Å². The number of fused-ring (bicyclic) bond motifs is 1. The van der Waals surface area contributed by atoms with Gasteiger partial charge in [-0.15, -0.1) is 0 Å². The molecular weight excluding hydrogens is 302 g/mol. The van der Waals surface area contributed by atoms with Crippen molar-refractivity contribution in [2.75, 3.05) is 31.1 Å². The number of halogens is 1. The summed E-state index contributed by atoms with van der Waals surface area (Å²) in [5.41, 5.74) is 8.47. The Balaban J connectivity index is 1.80. The minimum atomic E-state index is 0.619. The molecule has 0 saturated carbocycles. The standard InChI is InChI=1S/C15H22BrN3/c16-13-5-4-12(10-17)15(9-13)19-8-7-18-6-2-1-3-14(18)11-19/h4-5,9,14H,1-3,6-8,10-11,17H2. The first-order chi connectivity index (χ1) is 9.28. The minimum Gasteiger partial charge on any atom is -0.368 e. The van der Waals surface area contributed by atoms with Crippen LogP contribution >= 0.6 is 15.9 Å². The number of piperazine rings is 1. The highest BCUT2D eigenvalue weighted by Crippen LogP contribution is 2.29. The fourth-order valence-electron chi connectivity index (χ4n) is 3.38. The zero-order valence-corrected chi connectivity index (χ0v) is 12.9. The Morgan fingerprint density at radius 3 is 2.95 bits per heavy atom. The average Bonchev–Trinajstić information content (AvgIpc) is 2.46. The maximum absolute atomic E-state index is 5.89. The van der Waals surface area contributed by atoms with Crippen LogP contribution in [0, 0.1) is 0 Å². The monoisotopic (exact) mass is 323 g/mol. The van der Waals surface area contributed by atoms with Crippen LogP contribution in [0.1, 0.15) is 24.8 Å². The van der Waals surface area contributed by atoms with Crippen LogP contribution in [-0.4, -0.2) is 37.1 Å². The zero-order valence-electron chi connectivity index (χ0n) is 11.3. The van der Waals surface area contributed by atoms with Gasteiger partial charge < -0.3 is 10.6 Å². The molecule has 3 nitrogen and oxygen atoms in total. The molecule has 19 heavy (non-hydrogen) atoms. The zero-order chi connectivity index (χ0) is 13.2. The van der Waals surface area contributed by atoms with Crippen LogP contribution in [0.5, 0.6) is 0 Å². The van der Waals surface area contributed by atoms with E-state index in [4.69, 9.17) is 5.73 Å². The fourth-order valence-corrected chi connectivity index (χ4v) is 3.73. The molecule has 2 saturated heterocycles. The second-order valence-electron chi connectivity index (χ2n) is 5.61. The molecule has 2 fully saturated rings. The van der Waals surface area contributed by atoms with Crippen molar-refractivity contribution in [3.63, 3.8) is 0 Å². The van der Waals surface area contributed by atoms with Crippen molar-refractivity contribution in [1.82, 2.24) is 4.90 Å². The number of nitrogens with two attached hydrogens (primary N) is 1. The van der Waals surface area contributed by atoms with Gasteiger partial charge in [-0.1, -0.05) is 28.4 Å². The Bertz CT molecular complexity index is 449. The van der Waals surface area contributed by atoms with Crippen LogP contribution in [0.2, 0.25) is 0 Å². The third-order valence-electron chi connectivity index (χ3n) is 4.45. The molecule has 0 aliphatic carbocycles. The molecule has 2 aliphatic heterocycles. The first kappa shape index (κ1) is 13.4. The molecule has 0 aromatic heterocycles. The number of piperidine rings is 1. The molecule has 2 N–H and O–H groups in total. The number of hydrogen-bond acceptors (Lipinski definition) is 3. The second-order valence-corrected chi connectivity index (χ2v) is 6.52. The molecule has 1 atom stereocenters. The lowest BCUT2D eigenvalue weighted by Gasteiger charge is -2.45. The van der Waals surface area contributed by atoms with E-state index in [1.807, 2.05) is 0 Å². The van der Waals surface area contributed by atoms with Gasteiger partial charge in [0.25, 0.3) is 0 Å². The van der Waals surface area contributed by atoms with Crippen molar-refractivity contribution in [3.05, 3.63) is 28.2 Å². The molecular formula is C15H22BrN3. The van der Waals surface area contributed by atoms with Crippen LogP contribution < -0.4 is 10.6 Å². The van der Waals surface area contributed by atoms with E-state index >= 15 is 0 Å². The normalized spacial score (nSPS) is 24.3. The topological polar surface area (TPSA) is 32.5 Å². The summed E-state index contributed by atoms with van der Waals surface area (Å²) < 4.78 is 1.14. The number of anilines is 1. The fraction of sp³-hybridized carbons (Fsp3) is 0.600. The van der Waals surface area contributed by atoms with Crippen molar-refractivity contribution in [2.24, 2.45) is 5.73 Å². The first-order valence-corrected chi connectivity index (χ1v) is 8.05. The maximum atomic E-state index is 5.89. The summed E-state index contributed by atoms with van der Waals surface area (Å²) >= 11 is 3.58. The minimum absolute atomic E-state index is 0.619. The molecule has 2 aliphatic rings. The second kappa shape index (κ2) is 5.81. The summed E-state index contributed by atoms with van der Waals surface area (Å²) in [5.74, 6) is 0. The van der Waals surface area contributed by atoms with E-state index in [0.717, 1.165) is 23.6 Å². The van der Waals surface area contributed by atoms with Crippen LogP contribution in [0.3, 0.4) is 0 Å². The Morgan fingerprint density at radius 2 is 2.11 bits per heavy atom. The lowest BCUT2D eigenvalue weighted by Crippen LogP contribution is -2.55. The van der Waals surface area contributed by atoms with Crippen molar-refractivity contribution < 1.29 is 0 Å². The van der Waals surface area contributed by atoms with Crippen molar-refractivity contribution in [1.29, 1.82) is 0 Å². The average molecular weight is 324 g/mol. The lowest BCUT2D eigenvalue weighted by molar-refractivity contribution is 0.133. The molecule has 0 amide bonds. The predicted octanol–water partition coefficient (Wildman–Crippen LogP) is 2.58. The summed E-state index contributed by atoms with van der Waals surface area (Å²) in [6, 6.07) is 7.20. The van der Waals surface area contributed by atoms with Crippen molar-refractivity contribution >= 4 is 21.6 Å². The van der Waals surface area contributed by atoms with E-state index in [2.05, 4.69) is 43.9 Å². The maximum Gasteiger partial charge on any atom is 0.0424 e. The highest BCUT2D eigenvalue weighted by Gasteiger charge is 2.29. The molecule has 2 heterocycles. The highest BCUT2D eigenvalue weighted by atomic mass is 79.9. The summed E-state index contributed by atoms with van der Waals surface area (Å²) in [6.45, 7) is 5.39. The molecule has 0 bridgehead atoms. The summed E-state index contributed by atoms with van der Waals surface area (Å²) in [7, 11) is 0. The van der Waals surface area contributed by atoms with Crippen molar-refractivity contribution in [3.8, 4) is 0 Å². The first-order valence-electron chi connectivity index (χ1n) is 7.25. The van der Waals surface area contributed by atoms with E-state index in [1.165, 1.54) is 43.6 Å². The van der Waals surface area contributed by atoms with E-state index in [-0.39, 0.29) is 0 Å².